The fourth-order valence-electron chi connectivity index (χ4n) is 1.83. The zero-order valence-electron chi connectivity index (χ0n) is 11.8. The lowest BCUT2D eigenvalue weighted by atomic mass is 10.2. The number of aryl methyl sites for hydroxylation is 1. The highest BCUT2D eigenvalue weighted by atomic mass is 35.5. The standard InChI is InChI=1S/C16H15Cl2NO2/c1-11-6-7-12(21-11)10-19(2)16(20)9-8-13-14(17)4-3-5-15(13)18/h3-9H,10H2,1-2H3/b9-8+. The van der Waals surface area contributed by atoms with Crippen LogP contribution in [-0.2, 0) is 11.3 Å². The van der Waals surface area contributed by atoms with Gasteiger partial charge in [0.25, 0.3) is 0 Å². The first-order chi connectivity index (χ1) is 9.97. The number of furan rings is 1. The number of carbonyl (C=O) groups excluding carboxylic acids is 1. The molecule has 0 atom stereocenters. The number of halogens is 2. The van der Waals surface area contributed by atoms with Crippen LogP contribution in [0.2, 0.25) is 10.0 Å². The molecule has 2 aromatic rings. The lowest BCUT2D eigenvalue weighted by molar-refractivity contribution is -0.125. The number of rotatable bonds is 4. The van der Waals surface area contributed by atoms with Crippen molar-refractivity contribution in [2.75, 3.05) is 7.05 Å². The van der Waals surface area contributed by atoms with Crippen molar-refractivity contribution < 1.29 is 9.21 Å². The molecule has 0 aliphatic carbocycles. The number of likely N-dealkylation sites (N-methyl/N-ethyl adjacent to an activating group) is 1. The number of amides is 1. The summed E-state index contributed by atoms with van der Waals surface area (Å²) in [6.07, 6.45) is 3.07. The number of hydrogen-bond donors (Lipinski definition) is 0. The lowest BCUT2D eigenvalue weighted by Gasteiger charge is -2.13. The van der Waals surface area contributed by atoms with Gasteiger partial charge in [-0.25, -0.2) is 0 Å². The molecule has 1 aromatic carbocycles. The van der Waals surface area contributed by atoms with Crippen LogP contribution in [0.5, 0.6) is 0 Å². The first-order valence-electron chi connectivity index (χ1n) is 6.40. The van der Waals surface area contributed by atoms with Gasteiger partial charge in [-0.15, -0.1) is 0 Å². The summed E-state index contributed by atoms with van der Waals surface area (Å²) in [6.45, 7) is 2.28. The molecule has 1 amide bonds. The molecule has 110 valence electrons. The van der Waals surface area contributed by atoms with Crippen LogP contribution < -0.4 is 0 Å². The molecule has 0 bridgehead atoms. The molecule has 0 unspecified atom stereocenters. The summed E-state index contributed by atoms with van der Waals surface area (Å²) in [5, 5.41) is 1.02. The van der Waals surface area contributed by atoms with E-state index in [9.17, 15) is 4.79 Å². The second-order valence-electron chi connectivity index (χ2n) is 4.68. The highest BCUT2D eigenvalue weighted by Gasteiger charge is 2.09. The smallest absolute Gasteiger partial charge is 0.246 e. The van der Waals surface area contributed by atoms with Crippen molar-refractivity contribution in [2.45, 2.75) is 13.5 Å². The molecular formula is C16H15Cl2NO2. The minimum atomic E-state index is -0.153. The van der Waals surface area contributed by atoms with Gasteiger partial charge in [-0.2, -0.15) is 0 Å². The molecule has 0 saturated carbocycles. The molecule has 0 N–H and O–H groups in total. The van der Waals surface area contributed by atoms with Crippen molar-refractivity contribution in [1.29, 1.82) is 0 Å². The van der Waals surface area contributed by atoms with E-state index >= 15 is 0 Å². The summed E-state index contributed by atoms with van der Waals surface area (Å²) in [7, 11) is 1.71. The number of nitrogens with zero attached hydrogens (tertiary/aromatic N) is 1. The summed E-state index contributed by atoms with van der Waals surface area (Å²) >= 11 is 12.1. The van der Waals surface area contributed by atoms with E-state index in [2.05, 4.69) is 0 Å². The van der Waals surface area contributed by atoms with E-state index in [1.165, 1.54) is 6.08 Å². The maximum absolute atomic E-state index is 12.1. The average Bonchev–Trinajstić information content (AvgIpc) is 2.83. The van der Waals surface area contributed by atoms with Gasteiger partial charge < -0.3 is 9.32 Å². The van der Waals surface area contributed by atoms with Crippen molar-refractivity contribution in [3.05, 3.63) is 63.5 Å². The minimum Gasteiger partial charge on any atom is -0.464 e. The second kappa shape index (κ2) is 6.83. The summed E-state index contributed by atoms with van der Waals surface area (Å²) in [5.74, 6) is 1.41. The number of benzene rings is 1. The fraction of sp³-hybridized carbons (Fsp3) is 0.188. The largest absolute Gasteiger partial charge is 0.464 e. The summed E-state index contributed by atoms with van der Waals surface area (Å²) in [5.41, 5.74) is 0.636. The van der Waals surface area contributed by atoms with Crippen LogP contribution in [0.15, 0.2) is 40.8 Å². The van der Waals surface area contributed by atoms with Gasteiger partial charge in [0.2, 0.25) is 5.91 Å². The van der Waals surface area contributed by atoms with E-state index in [4.69, 9.17) is 27.6 Å². The van der Waals surface area contributed by atoms with Crippen LogP contribution in [0.4, 0.5) is 0 Å². The lowest BCUT2D eigenvalue weighted by Crippen LogP contribution is -2.23. The molecule has 0 aliphatic rings. The Labute approximate surface area is 133 Å². The Kier molecular flexibility index (Phi) is 5.10. The highest BCUT2D eigenvalue weighted by molar-refractivity contribution is 6.37. The average molecular weight is 324 g/mol. The molecule has 3 nitrogen and oxygen atoms in total. The van der Waals surface area contributed by atoms with Gasteiger partial charge in [-0.1, -0.05) is 29.3 Å². The molecule has 0 radical (unpaired) electrons. The van der Waals surface area contributed by atoms with Crippen LogP contribution >= 0.6 is 23.2 Å². The van der Waals surface area contributed by atoms with Crippen LogP contribution in [0, 0.1) is 6.92 Å². The predicted molar refractivity (Wildman–Crippen MR) is 85.4 cm³/mol. The maximum atomic E-state index is 12.1. The Morgan fingerprint density at radius 3 is 2.48 bits per heavy atom. The van der Waals surface area contributed by atoms with Crippen molar-refractivity contribution >= 4 is 35.2 Å². The Hall–Kier alpha value is -1.71. The van der Waals surface area contributed by atoms with Gasteiger partial charge in [0.1, 0.15) is 11.5 Å². The Morgan fingerprint density at radius 1 is 1.24 bits per heavy atom. The SMILES string of the molecule is Cc1ccc(CN(C)C(=O)/C=C/c2c(Cl)cccc2Cl)o1. The van der Waals surface area contributed by atoms with E-state index in [1.54, 1.807) is 36.2 Å². The minimum absolute atomic E-state index is 0.153. The van der Waals surface area contributed by atoms with Gasteiger partial charge in [-0.3, -0.25) is 4.79 Å². The molecule has 1 heterocycles. The molecule has 0 spiro atoms. The van der Waals surface area contributed by atoms with Crippen LogP contribution in [-0.4, -0.2) is 17.9 Å². The van der Waals surface area contributed by atoms with Crippen LogP contribution in [0.1, 0.15) is 17.1 Å². The highest BCUT2D eigenvalue weighted by Crippen LogP contribution is 2.25. The van der Waals surface area contributed by atoms with Gasteiger partial charge in [-0.05, 0) is 37.3 Å². The first-order valence-corrected chi connectivity index (χ1v) is 7.15. The molecule has 5 heteroatoms. The van der Waals surface area contributed by atoms with Crippen molar-refractivity contribution in [1.82, 2.24) is 4.90 Å². The van der Waals surface area contributed by atoms with Crippen molar-refractivity contribution in [3.63, 3.8) is 0 Å². The zero-order chi connectivity index (χ0) is 15.4. The summed E-state index contributed by atoms with van der Waals surface area (Å²) < 4.78 is 5.45. The van der Waals surface area contributed by atoms with Gasteiger partial charge >= 0.3 is 0 Å². The molecule has 1 aromatic heterocycles. The molecule has 21 heavy (non-hydrogen) atoms. The third-order valence-electron chi connectivity index (χ3n) is 2.96. The molecule has 0 aliphatic heterocycles. The molecule has 0 fully saturated rings. The quantitative estimate of drug-likeness (QED) is 0.772. The third-order valence-corrected chi connectivity index (χ3v) is 3.62. The van der Waals surface area contributed by atoms with Gasteiger partial charge in [0.05, 0.1) is 6.54 Å². The van der Waals surface area contributed by atoms with Gasteiger partial charge in [0.15, 0.2) is 0 Å². The number of hydrogen-bond acceptors (Lipinski definition) is 2. The number of carbonyl (C=O) groups is 1. The Balaban J connectivity index is 2.05. The fourth-order valence-corrected chi connectivity index (χ4v) is 2.36. The summed E-state index contributed by atoms with van der Waals surface area (Å²) in [4.78, 5) is 13.6. The third kappa shape index (κ3) is 4.13. The Morgan fingerprint density at radius 2 is 1.90 bits per heavy atom. The molecule has 2 rings (SSSR count). The van der Waals surface area contributed by atoms with E-state index in [0.29, 0.717) is 22.2 Å². The predicted octanol–water partition coefficient (Wildman–Crippen LogP) is 4.57. The van der Waals surface area contributed by atoms with Crippen LogP contribution in [0.3, 0.4) is 0 Å². The topological polar surface area (TPSA) is 33.5 Å². The first kappa shape index (κ1) is 15.7. The normalized spacial score (nSPS) is 11.0. The van der Waals surface area contributed by atoms with Crippen molar-refractivity contribution in [3.8, 4) is 0 Å². The second-order valence-corrected chi connectivity index (χ2v) is 5.49. The monoisotopic (exact) mass is 323 g/mol. The Bertz CT molecular complexity index is 656. The zero-order valence-corrected chi connectivity index (χ0v) is 13.3. The van der Waals surface area contributed by atoms with Gasteiger partial charge in [0, 0.05) is 28.7 Å². The van der Waals surface area contributed by atoms with Crippen LogP contribution in [0.25, 0.3) is 6.08 Å². The molecule has 0 saturated heterocycles. The van der Waals surface area contributed by atoms with E-state index in [0.717, 1.165) is 11.5 Å². The molecular weight excluding hydrogens is 309 g/mol. The van der Waals surface area contributed by atoms with E-state index in [-0.39, 0.29) is 5.91 Å². The van der Waals surface area contributed by atoms with E-state index in [1.807, 2.05) is 19.1 Å². The maximum Gasteiger partial charge on any atom is 0.246 e. The summed E-state index contributed by atoms with van der Waals surface area (Å²) in [6, 6.07) is 8.94. The van der Waals surface area contributed by atoms with Crippen molar-refractivity contribution in [2.24, 2.45) is 0 Å². The van der Waals surface area contributed by atoms with E-state index < -0.39 is 0 Å².